The standard InChI is InChI=1S/C18H13N2O.C17H18N.Ir/c1-11-6-7-20-15(8-11)13-4-3-5-14-17-12(2)9-19-10-16(17)21-18(13)14;1-5-12-10-18-16-13-8-6-7-9-14(13)17(3,4)15(16)11(12)2;/h3,5-10H,1-2H3;6-7,9-10H,5H2,1-4H3;/q2*-1;. The first-order valence-corrected chi connectivity index (χ1v) is 13.4. The van der Waals surface area contributed by atoms with Crippen LogP contribution in [0.25, 0.3) is 44.5 Å². The number of pyridine rings is 3. The molecule has 2 aromatic carbocycles. The first-order valence-electron chi connectivity index (χ1n) is 13.4. The van der Waals surface area contributed by atoms with Gasteiger partial charge in [0.25, 0.3) is 0 Å². The second-order valence-electron chi connectivity index (χ2n) is 10.8. The molecule has 0 amide bonds. The largest absolute Gasteiger partial charge is 0.499 e. The van der Waals surface area contributed by atoms with Gasteiger partial charge < -0.3 is 14.4 Å². The predicted molar refractivity (Wildman–Crippen MR) is 158 cm³/mol. The van der Waals surface area contributed by atoms with Crippen molar-refractivity contribution in [3.8, 4) is 22.5 Å². The van der Waals surface area contributed by atoms with Gasteiger partial charge in [-0.2, -0.15) is 0 Å². The molecular formula is C35H31IrN3O-2. The monoisotopic (exact) mass is 702 g/mol. The molecule has 4 aromatic heterocycles. The maximum atomic E-state index is 6.02. The van der Waals surface area contributed by atoms with Gasteiger partial charge in [0.2, 0.25) is 0 Å². The van der Waals surface area contributed by atoms with Crippen molar-refractivity contribution in [3.63, 3.8) is 0 Å². The SMILES string of the molecule is CCc1cnc2c(c1C)C(C)(C)c1ccc[c-]c1-2.Cc1ccnc(-c2[c-]ccc3c2oc2cncc(C)c23)c1.[Ir]. The average Bonchev–Trinajstić information content (AvgIpc) is 3.43. The molecule has 4 heterocycles. The van der Waals surface area contributed by atoms with Crippen LogP contribution in [0.5, 0.6) is 0 Å². The van der Waals surface area contributed by atoms with E-state index in [1.807, 2.05) is 55.8 Å². The fourth-order valence-corrected chi connectivity index (χ4v) is 5.96. The number of rotatable bonds is 2. The van der Waals surface area contributed by atoms with E-state index in [2.05, 4.69) is 68.9 Å². The summed E-state index contributed by atoms with van der Waals surface area (Å²) in [7, 11) is 0. The van der Waals surface area contributed by atoms with Crippen molar-refractivity contribution in [2.75, 3.05) is 0 Å². The molecule has 1 radical (unpaired) electrons. The molecule has 1 aliphatic carbocycles. The molecule has 5 heteroatoms. The molecule has 0 N–H and O–H groups in total. The van der Waals surface area contributed by atoms with Gasteiger partial charge in [0.1, 0.15) is 5.58 Å². The Hall–Kier alpha value is -3.66. The van der Waals surface area contributed by atoms with Crippen molar-refractivity contribution >= 4 is 21.9 Å². The molecule has 0 bridgehead atoms. The van der Waals surface area contributed by atoms with Gasteiger partial charge in [0, 0.05) is 44.1 Å². The maximum Gasteiger partial charge on any atom is 0.139 e. The zero-order valence-corrected chi connectivity index (χ0v) is 26.0. The Morgan fingerprint density at radius 1 is 0.925 bits per heavy atom. The summed E-state index contributed by atoms with van der Waals surface area (Å²) in [6, 6.07) is 20.9. The number of furan rings is 1. The van der Waals surface area contributed by atoms with E-state index in [1.165, 1.54) is 33.4 Å². The molecular weight excluding hydrogens is 671 g/mol. The average molecular weight is 702 g/mol. The maximum absolute atomic E-state index is 6.02. The van der Waals surface area contributed by atoms with Crippen molar-refractivity contribution in [2.24, 2.45) is 0 Å². The van der Waals surface area contributed by atoms with E-state index in [0.717, 1.165) is 50.9 Å². The van der Waals surface area contributed by atoms with Crippen LogP contribution in [0.1, 0.15) is 54.2 Å². The number of aryl methyl sites for hydroxylation is 3. The van der Waals surface area contributed by atoms with Crippen LogP contribution in [0.2, 0.25) is 0 Å². The summed E-state index contributed by atoms with van der Waals surface area (Å²) < 4.78 is 6.02. The first-order chi connectivity index (χ1) is 18.8. The Morgan fingerprint density at radius 2 is 1.73 bits per heavy atom. The summed E-state index contributed by atoms with van der Waals surface area (Å²) >= 11 is 0. The summed E-state index contributed by atoms with van der Waals surface area (Å²) in [5, 5.41) is 2.20. The Morgan fingerprint density at radius 3 is 2.50 bits per heavy atom. The zero-order valence-electron chi connectivity index (χ0n) is 23.6. The van der Waals surface area contributed by atoms with Crippen molar-refractivity contribution in [3.05, 3.63) is 113 Å². The van der Waals surface area contributed by atoms with Crippen LogP contribution in [0, 0.1) is 32.9 Å². The minimum absolute atomic E-state index is 0. The summed E-state index contributed by atoms with van der Waals surface area (Å²) in [6.07, 6.45) is 8.50. The molecule has 7 rings (SSSR count). The molecule has 0 fully saturated rings. The molecule has 0 saturated heterocycles. The van der Waals surface area contributed by atoms with Crippen LogP contribution in [-0.4, -0.2) is 15.0 Å². The fraction of sp³-hybridized carbons (Fsp3) is 0.229. The van der Waals surface area contributed by atoms with Crippen LogP contribution in [0.3, 0.4) is 0 Å². The van der Waals surface area contributed by atoms with E-state index in [9.17, 15) is 0 Å². The Kier molecular flexibility index (Phi) is 7.48. The molecule has 0 atom stereocenters. The quantitative estimate of drug-likeness (QED) is 0.170. The van der Waals surface area contributed by atoms with E-state index >= 15 is 0 Å². The molecule has 40 heavy (non-hydrogen) atoms. The van der Waals surface area contributed by atoms with Crippen LogP contribution in [-0.2, 0) is 31.9 Å². The van der Waals surface area contributed by atoms with Gasteiger partial charge in [0.05, 0.1) is 11.8 Å². The van der Waals surface area contributed by atoms with Crippen molar-refractivity contribution in [1.82, 2.24) is 15.0 Å². The zero-order chi connectivity index (χ0) is 27.3. The topological polar surface area (TPSA) is 51.8 Å². The number of aromatic nitrogens is 3. The molecule has 6 aromatic rings. The second kappa shape index (κ2) is 10.7. The van der Waals surface area contributed by atoms with Crippen molar-refractivity contribution in [1.29, 1.82) is 0 Å². The van der Waals surface area contributed by atoms with Crippen molar-refractivity contribution < 1.29 is 24.5 Å². The minimum atomic E-state index is 0. The molecule has 1 aliphatic rings. The minimum Gasteiger partial charge on any atom is -0.499 e. The van der Waals surface area contributed by atoms with Gasteiger partial charge in [-0.3, -0.25) is 4.98 Å². The van der Waals surface area contributed by atoms with Crippen LogP contribution in [0.4, 0.5) is 0 Å². The van der Waals surface area contributed by atoms with Gasteiger partial charge >= 0.3 is 0 Å². The molecule has 0 saturated carbocycles. The molecule has 203 valence electrons. The molecule has 0 spiro atoms. The normalized spacial score (nSPS) is 12.8. The van der Waals surface area contributed by atoms with Crippen molar-refractivity contribution in [2.45, 2.75) is 53.4 Å². The van der Waals surface area contributed by atoms with Gasteiger partial charge in [-0.25, -0.2) is 0 Å². The van der Waals surface area contributed by atoms with Crippen LogP contribution >= 0.6 is 0 Å². The van der Waals surface area contributed by atoms with E-state index in [1.54, 1.807) is 6.20 Å². The van der Waals surface area contributed by atoms with Gasteiger partial charge in [-0.05, 0) is 61.2 Å². The number of nitrogens with zero attached hydrogens (tertiary/aromatic N) is 3. The predicted octanol–water partition coefficient (Wildman–Crippen LogP) is 8.52. The van der Waals surface area contributed by atoms with Gasteiger partial charge in [-0.15, -0.1) is 53.6 Å². The molecule has 4 nitrogen and oxygen atoms in total. The van der Waals surface area contributed by atoms with E-state index in [0.29, 0.717) is 0 Å². The summed E-state index contributed by atoms with van der Waals surface area (Å²) in [6.45, 7) is 13.1. The van der Waals surface area contributed by atoms with Crippen LogP contribution < -0.4 is 0 Å². The Balaban J connectivity index is 0.000000159. The fourth-order valence-electron chi connectivity index (χ4n) is 5.96. The third kappa shape index (κ3) is 4.48. The molecule has 0 aliphatic heterocycles. The number of hydrogen-bond acceptors (Lipinski definition) is 4. The number of hydrogen-bond donors (Lipinski definition) is 0. The Labute approximate surface area is 249 Å². The van der Waals surface area contributed by atoms with Crippen LogP contribution in [0.15, 0.2) is 71.7 Å². The summed E-state index contributed by atoms with van der Waals surface area (Å²) in [5.41, 5.74) is 13.5. The van der Waals surface area contributed by atoms with Gasteiger partial charge in [0.15, 0.2) is 0 Å². The third-order valence-corrected chi connectivity index (χ3v) is 7.92. The number of benzene rings is 2. The third-order valence-electron chi connectivity index (χ3n) is 7.92. The van der Waals surface area contributed by atoms with E-state index < -0.39 is 0 Å². The Bertz CT molecular complexity index is 1870. The smallest absolute Gasteiger partial charge is 0.139 e. The first kappa shape index (κ1) is 27.9. The second-order valence-corrected chi connectivity index (χ2v) is 10.8. The molecule has 0 unspecified atom stereocenters. The number of fused-ring (bicyclic) bond motifs is 6. The summed E-state index contributed by atoms with van der Waals surface area (Å²) in [5.74, 6) is 0. The summed E-state index contributed by atoms with van der Waals surface area (Å²) in [4.78, 5) is 13.3. The van der Waals surface area contributed by atoms with Gasteiger partial charge in [-0.1, -0.05) is 54.5 Å². The van der Waals surface area contributed by atoms with E-state index in [-0.39, 0.29) is 25.5 Å². The van der Waals surface area contributed by atoms with E-state index in [4.69, 9.17) is 9.40 Å².